The fourth-order valence-corrected chi connectivity index (χ4v) is 1.31. The van der Waals surface area contributed by atoms with Crippen LogP contribution >= 0.6 is 0 Å². The molecular weight excluding hydrogens is 164 g/mol. The Bertz CT molecular complexity index is 193. The van der Waals surface area contributed by atoms with Crippen LogP contribution in [0.25, 0.3) is 0 Å². The van der Waals surface area contributed by atoms with E-state index in [1.165, 1.54) is 0 Å². The highest BCUT2D eigenvalue weighted by atomic mass is 16.2. The predicted octanol–water partition coefficient (Wildman–Crippen LogP) is 0.884. The third-order valence-electron chi connectivity index (χ3n) is 3.00. The zero-order valence-electron chi connectivity index (χ0n) is 8.71. The predicted molar refractivity (Wildman–Crippen MR) is 53.1 cm³/mol. The summed E-state index contributed by atoms with van der Waals surface area (Å²) in [5.41, 5.74) is 5.78. The molecule has 0 heterocycles. The second kappa shape index (κ2) is 4.09. The van der Waals surface area contributed by atoms with Crippen molar-refractivity contribution in [3.8, 4) is 0 Å². The Balaban J connectivity index is 2.29. The molecule has 1 aliphatic rings. The minimum Gasteiger partial charge on any atom is -0.352 e. The van der Waals surface area contributed by atoms with Crippen molar-refractivity contribution in [3.05, 3.63) is 0 Å². The third kappa shape index (κ3) is 2.69. The van der Waals surface area contributed by atoms with E-state index in [-0.39, 0.29) is 17.9 Å². The standard InChI is InChI=1S/C10H20N2O/c1-4-6(2)9(11)10(13)12-8-5-7(8)3/h6-9H,4-5,11H2,1-3H3,(H,12,13)/t6-,7?,8?,9-/m0/s1. The molecule has 0 aromatic rings. The average Bonchev–Trinajstić information content (AvgIpc) is 2.79. The van der Waals surface area contributed by atoms with E-state index in [1.807, 2.05) is 6.92 Å². The number of nitrogens with one attached hydrogen (secondary N) is 1. The number of hydrogen-bond acceptors (Lipinski definition) is 2. The molecule has 1 aliphatic carbocycles. The van der Waals surface area contributed by atoms with Crippen molar-refractivity contribution >= 4 is 5.91 Å². The number of carbonyl (C=O) groups is 1. The fraction of sp³-hybridized carbons (Fsp3) is 0.900. The van der Waals surface area contributed by atoms with Crippen molar-refractivity contribution in [1.29, 1.82) is 0 Å². The van der Waals surface area contributed by atoms with Crippen molar-refractivity contribution in [1.82, 2.24) is 5.32 Å². The highest BCUT2D eigenvalue weighted by Gasteiger charge is 2.35. The van der Waals surface area contributed by atoms with Crippen molar-refractivity contribution in [2.24, 2.45) is 17.6 Å². The van der Waals surface area contributed by atoms with Gasteiger partial charge in [-0.25, -0.2) is 0 Å². The van der Waals surface area contributed by atoms with Gasteiger partial charge in [-0.1, -0.05) is 27.2 Å². The molecule has 0 aromatic heterocycles. The van der Waals surface area contributed by atoms with Gasteiger partial charge in [-0.15, -0.1) is 0 Å². The smallest absolute Gasteiger partial charge is 0.237 e. The summed E-state index contributed by atoms with van der Waals surface area (Å²) >= 11 is 0. The van der Waals surface area contributed by atoms with Gasteiger partial charge in [0, 0.05) is 6.04 Å². The lowest BCUT2D eigenvalue weighted by Gasteiger charge is -2.17. The third-order valence-corrected chi connectivity index (χ3v) is 3.00. The summed E-state index contributed by atoms with van der Waals surface area (Å²) in [6, 6.07) is 0.0559. The molecule has 13 heavy (non-hydrogen) atoms. The number of rotatable bonds is 4. The van der Waals surface area contributed by atoms with Crippen LogP contribution in [-0.2, 0) is 4.79 Å². The first kappa shape index (κ1) is 10.5. The maximum atomic E-state index is 11.5. The minimum atomic E-state index is -0.335. The molecule has 0 bridgehead atoms. The molecule has 1 rings (SSSR count). The quantitative estimate of drug-likeness (QED) is 0.681. The SMILES string of the molecule is CC[C@H](C)[C@H](N)C(=O)NC1CC1C. The molecule has 0 aliphatic heterocycles. The van der Waals surface area contributed by atoms with E-state index in [0.29, 0.717) is 12.0 Å². The van der Waals surface area contributed by atoms with Crippen molar-refractivity contribution in [2.45, 2.75) is 45.7 Å². The molecule has 3 nitrogen and oxygen atoms in total. The van der Waals surface area contributed by atoms with Gasteiger partial charge >= 0.3 is 0 Å². The van der Waals surface area contributed by atoms with Crippen molar-refractivity contribution in [2.75, 3.05) is 0 Å². The van der Waals surface area contributed by atoms with Gasteiger partial charge in [0.2, 0.25) is 5.91 Å². The minimum absolute atomic E-state index is 0.0173. The number of carbonyl (C=O) groups excluding carboxylic acids is 1. The number of hydrogen-bond donors (Lipinski definition) is 2. The molecule has 1 saturated carbocycles. The Hall–Kier alpha value is -0.570. The van der Waals surface area contributed by atoms with Crippen LogP contribution in [0, 0.1) is 11.8 Å². The molecule has 0 saturated heterocycles. The largest absolute Gasteiger partial charge is 0.352 e. The van der Waals surface area contributed by atoms with Gasteiger partial charge in [-0.05, 0) is 18.3 Å². The van der Waals surface area contributed by atoms with Crippen molar-refractivity contribution < 1.29 is 4.79 Å². The van der Waals surface area contributed by atoms with Crippen LogP contribution < -0.4 is 11.1 Å². The molecule has 1 fully saturated rings. The van der Waals surface area contributed by atoms with E-state index in [4.69, 9.17) is 5.73 Å². The van der Waals surface area contributed by atoms with Gasteiger partial charge in [0.25, 0.3) is 0 Å². The lowest BCUT2D eigenvalue weighted by atomic mass is 9.99. The Morgan fingerprint density at radius 3 is 2.62 bits per heavy atom. The summed E-state index contributed by atoms with van der Waals surface area (Å²) < 4.78 is 0. The molecule has 0 aromatic carbocycles. The summed E-state index contributed by atoms with van der Waals surface area (Å²) in [4.78, 5) is 11.5. The van der Waals surface area contributed by atoms with E-state index < -0.39 is 0 Å². The van der Waals surface area contributed by atoms with Gasteiger partial charge in [0.15, 0.2) is 0 Å². The summed E-state index contributed by atoms with van der Waals surface area (Å²) in [6.45, 7) is 6.21. The summed E-state index contributed by atoms with van der Waals surface area (Å²) in [5.74, 6) is 0.936. The molecule has 3 heteroatoms. The van der Waals surface area contributed by atoms with Crippen LogP contribution in [0.1, 0.15) is 33.6 Å². The van der Waals surface area contributed by atoms with Crippen LogP contribution in [0.5, 0.6) is 0 Å². The zero-order valence-corrected chi connectivity index (χ0v) is 8.71. The summed E-state index contributed by atoms with van der Waals surface area (Å²) in [7, 11) is 0. The lowest BCUT2D eigenvalue weighted by Crippen LogP contribution is -2.45. The lowest BCUT2D eigenvalue weighted by molar-refractivity contribution is -0.123. The maximum Gasteiger partial charge on any atom is 0.237 e. The first-order chi connectivity index (χ1) is 6.06. The van der Waals surface area contributed by atoms with Gasteiger partial charge in [-0.3, -0.25) is 4.79 Å². The highest BCUT2D eigenvalue weighted by Crippen LogP contribution is 2.29. The van der Waals surface area contributed by atoms with Crippen LogP contribution in [0.3, 0.4) is 0 Å². The number of amides is 1. The van der Waals surface area contributed by atoms with E-state index >= 15 is 0 Å². The highest BCUT2D eigenvalue weighted by molar-refractivity contribution is 5.82. The van der Waals surface area contributed by atoms with Crippen LogP contribution in [0.2, 0.25) is 0 Å². The van der Waals surface area contributed by atoms with Crippen LogP contribution in [0.15, 0.2) is 0 Å². The molecule has 0 spiro atoms. The average molecular weight is 184 g/mol. The maximum absolute atomic E-state index is 11.5. The van der Waals surface area contributed by atoms with Crippen LogP contribution in [-0.4, -0.2) is 18.0 Å². The van der Waals surface area contributed by atoms with Crippen molar-refractivity contribution in [3.63, 3.8) is 0 Å². The molecule has 0 radical (unpaired) electrons. The van der Waals surface area contributed by atoms with E-state index in [0.717, 1.165) is 12.8 Å². The molecule has 4 atom stereocenters. The second-order valence-corrected chi connectivity index (χ2v) is 4.24. The Labute approximate surface area is 80.1 Å². The van der Waals surface area contributed by atoms with Crippen LogP contribution in [0.4, 0.5) is 0 Å². The molecule has 2 unspecified atom stereocenters. The number of nitrogens with two attached hydrogens (primary N) is 1. The first-order valence-electron chi connectivity index (χ1n) is 5.12. The Morgan fingerprint density at radius 1 is 1.69 bits per heavy atom. The molecule has 3 N–H and O–H groups in total. The van der Waals surface area contributed by atoms with Gasteiger partial charge in [-0.2, -0.15) is 0 Å². The first-order valence-corrected chi connectivity index (χ1v) is 5.12. The van der Waals surface area contributed by atoms with E-state index in [9.17, 15) is 4.79 Å². The van der Waals surface area contributed by atoms with Gasteiger partial charge in [0.05, 0.1) is 6.04 Å². The topological polar surface area (TPSA) is 55.1 Å². The molecule has 76 valence electrons. The fourth-order valence-electron chi connectivity index (χ4n) is 1.31. The van der Waals surface area contributed by atoms with Gasteiger partial charge < -0.3 is 11.1 Å². The second-order valence-electron chi connectivity index (χ2n) is 4.24. The monoisotopic (exact) mass is 184 g/mol. The van der Waals surface area contributed by atoms with E-state index in [2.05, 4.69) is 19.2 Å². The molecule has 1 amide bonds. The molecular formula is C10H20N2O. The zero-order chi connectivity index (χ0) is 10.0. The van der Waals surface area contributed by atoms with E-state index in [1.54, 1.807) is 0 Å². The van der Waals surface area contributed by atoms with Gasteiger partial charge in [0.1, 0.15) is 0 Å². The summed E-state index contributed by atoms with van der Waals surface area (Å²) in [5, 5.41) is 2.95. The Kier molecular flexibility index (Phi) is 3.31. The normalized spacial score (nSPS) is 30.8. The summed E-state index contributed by atoms with van der Waals surface area (Å²) in [6.07, 6.45) is 2.06. The Morgan fingerprint density at radius 2 is 2.23 bits per heavy atom.